The highest BCUT2D eigenvalue weighted by Crippen LogP contribution is 2.32. The molecule has 5 heterocycles. The summed E-state index contributed by atoms with van der Waals surface area (Å²) in [5, 5.41) is 19.7. The Bertz CT molecular complexity index is 1430. The number of nitrogens with zero attached hydrogens (tertiary/aromatic N) is 7. The number of rotatable bonds is 8. The number of hydrogen-bond donors (Lipinski definition) is 2. The van der Waals surface area contributed by atoms with Gasteiger partial charge in [-0.3, -0.25) is 23.9 Å². The number of hydrogen-bond acceptors (Lipinski definition) is 7. The van der Waals surface area contributed by atoms with Crippen LogP contribution in [0.3, 0.4) is 0 Å². The van der Waals surface area contributed by atoms with Crippen molar-refractivity contribution < 1.29 is 36.6 Å². The van der Waals surface area contributed by atoms with Crippen molar-refractivity contribution >= 4 is 17.5 Å². The van der Waals surface area contributed by atoms with Crippen LogP contribution in [0.5, 0.6) is 0 Å². The summed E-state index contributed by atoms with van der Waals surface area (Å²) < 4.78 is 67.7. The van der Waals surface area contributed by atoms with Gasteiger partial charge in [-0.15, -0.1) is 0 Å². The van der Waals surface area contributed by atoms with E-state index in [1.165, 1.54) is 42.2 Å². The quantitative estimate of drug-likeness (QED) is 0.384. The van der Waals surface area contributed by atoms with E-state index in [4.69, 9.17) is 0 Å². The standard InChI is InChI=1S/C26H29F5N8O3/c1-15(40)25(42)36-7-5-17(6-8-36)37-11-18(12-37)39-13-21(22(35-39)23(27)28)34-24(41)20-4-2-3-19(33-20)16-9-32-38(10-16)14-26(29,30)31/h2-4,9-10,13,15,17-18,23,40H,5-8,11-12,14H2,1H3,(H,34,41)/t15-/m0/s1. The predicted octanol–water partition coefficient (Wildman–Crippen LogP) is 3.12. The van der Waals surface area contributed by atoms with Crippen molar-refractivity contribution in [1.29, 1.82) is 0 Å². The Hall–Kier alpha value is -3.92. The topological polar surface area (TPSA) is 121 Å². The van der Waals surface area contributed by atoms with Gasteiger partial charge in [0.15, 0.2) is 5.69 Å². The Morgan fingerprint density at radius 2 is 1.83 bits per heavy atom. The highest BCUT2D eigenvalue weighted by atomic mass is 19.4. The van der Waals surface area contributed by atoms with Gasteiger partial charge in [0, 0.05) is 50.2 Å². The average Bonchev–Trinajstić information content (AvgIpc) is 3.54. The maximum Gasteiger partial charge on any atom is 0.408 e. The number of aliphatic hydroxyl groups excluding tert-OH is 1. The number of pyridine rings is 1. The molecule has 42 heavy (non-hydrogen) atoms. The van der Waals surface area contributed by atoms with E-state index in [1.807, 2.05) is 0 Å². The molecule has 3 aromatic heterocycles. The van der Waals surface area contributed by atoms with Gasteiger partial charge in [0.2, 0.25) is 0 Å². The van der Waals surface area contributed by atoms with E-state index in [-0.39, 0.29) is 40.6 Å². The third-order valence-corrected chi connectivity index (χ3v) is 7.38. The van der Waals surface area contributed by atoms with Crippen LogP contribution in [0, 0.1) is 0 Å². The summed E-state index contributed by atoms with van der Waals surface area (Å²) in [5.41, 5.74) is -0.430. The lowest BCUT2D eigenvalue weighted by atomic mass is 9.97. The van der Waals surface area contributed by atoms with Gasteiger partial charge in [-0.2, -0.15) is 23.4 Å². The fourth-order valence-corrected chi connectivity index (χ4v) is 5.19. The summed E-state index contributed by atoms with van der Waals surface area (Å²) in [6, 6.07) is 4.37. The van der Waals surface area contributed by atoms with Crippen LogP contribution >= 0.6 is 0 Å². The molecule has 2 aliphatic heterocycles. The van der Waals surface area contributed by atoms with Crippen LogP contribution in [-0.2, 0) is 11.3 Å². The molecule has 16 heteroatoms. The van der Waals surface area contributed by atoms with Gasteiger partial charge in [-0.1, -0.05) is 6.07 Å². The first kappa shape index (κ1) is 29.6. The summed E-state index contributed by atoms with van der Waals surface area (Å²) in [5.74, 6) is -1.07. The maximum absolute atomic E-state index is 13.8. The molecule has 0 saturated carbocycles. The van der Waals surface area contributed by atoms with E-state index in [9.17, 15) is 36.6 Å². The smallest absolute Gasteiger partial charge is 0.384 e. The Labute approximate surface area is 236 Å². The number of carbonyl (C=O) groups is 2. The lowest BCUT2D eigenvalue weighted by molar-refractivity contribution is -0.142. The molecule has 2 aliphatic rings. The Kier molecular flexibility index (Phi) is 8.28. The first-order valence-electron chi connectivity index (χ1n) is 13.3. The number of nitrogens with one attached hydrogen (secondary N) is 1. The molecule has 2 N–H and O–H groups in total. The van der Waals surface area contributed by atoms with E-state index in [1.54, 1.807) is 4.90 Å². The summed E-state index contributed by atoms with van der Waals surface area (Å²) in [4.78, 5) is 32.9. The van der Waals surface area contributed by atoms with Crippen molar-refractivity contribution in [2.75, 3.05) is 31.5 Å². The van der Waals surface area contributed by atoms with Crippen molar-refractivity contribution in [3.63, 3.8) is 0 Å². The lowest BCUT2D eigenvalue weighted by Gasteiger charge is -2.47. The Balaban J connectivity index is 1.21. The number of anilines is 1. The second-order valence-electron chi connectivity index (χ2n) is 10.5. The number of alkyl halides is 5. The van der Waals surface area contributed by atoms with Crippen molar-refractivity contribution in [3.05, 3.63) is 48.2 Å². The molecule has 0 aromatic carbocycles. The van der Waals surface area contributed by atoms with E-state index < -0.39 is 36.9 Å². The van der Waals surface area contributed by atoms with Crippen LogP contribution in [0.25, 0.3) is 11.3 Å². The number of piperidine rings is 1. The molecule has 2 fully saturated rings. The summed E-state index contributed by atoms with van der Waals surface area (Å²) in [6.45, 7) is 2.37. The highest BCUT2D eigenvalue weighted by Gasteiger charge is 2.37. The van der Waals surface area contributed by atoms with Crippen LogP contribution < -0.4 is 5.32 Å². The highest BCUT2D eigenvalue weighted by molar-refractivity contribution is 6.03. The zero-order valence-electron chi connectivity index (χ0n) is 22.5. The number of amides is 2. The second kappa shape index (κ2) is 11.8. The summed E-state index contributed by atoms with van der Waals surface area (Å²) in [6.07, 6.45) is -3.27. The first-order chi connectivity index (χ1) is 19.9. The largest absolute Gasteiger partial charge is 0.408 e. The molecule has 0 bridgehead atoms. The van der Waals surface area contributed by atoms with Crippen molar-refractivity contribution in [2.24, 2.45) is 0 Å². The van der Waals surface area contributed by atoms with Crippen LogP contribution in [0.1, 0.15) is 48.4 Å². The summed E-state index contributed by atoms with van der Waals surface area (Å²) in [7, 11) is 0. The monoisotopic (exact) mass is 596 g/mol. The molecule has 2 amide bonds. The van der Waals surface area contributed by atoms with Gasteiger partial charge in [-0.25, -0.2) is 13.8 Å². The minimum Gasteiger partial charge on any atom is -0.384 e. The molecule has 226 valence electrons. The zero-order chi connectivity index (χ0) is 30.2. The van der Waals surface area contributed by atoms with Gasteiger partial charge < -0.3 is 15.3 Å². The molecule has 11 nitrogen and oxygen atoms in total. The molecule has 0 spiro atoms. The predicted molar refractivity (Wildman–Crippen MR) is 139 cm³/mol. The molecule has 3 aromatic rings. The minimum atomic E-state index is -4.46. The number of likely N-dealkylation sites (tertiary alicyclic amines) is 2. The molecule has 0 aliphatic carbocycles. The maximum atomic E-state index is 13.8. The van der Waals surface area contributed by atoms with Crippen LogP contribution in [-0.4, -0.2) is 95.8 Å². The summed E-state index contributed by atoms with van der Waals surface area (Å²) >= 11 is 0. The SMILES string of the molecule is C[C@H](O)C(=O)N1CCC(N2CC(n3cc(NC(=O)c4cccc(-c5cnn(CC(F)(F)F)c5)n4)c(C(F)F)n3)C2)CC1. The van der Waals surface area contributed by atoms with Crippen molar-refractivity contribution in [2.45, 2.75) is 57.1 Å². The number of carbonyl (C=O) groups excluding carboxylic acids is 2. The normalized spacial score (nSPS) is 17.9. The molecular weight excluding hydrogens is 567 g/mol. The van der Waals surface area contributed by atoms with Crippen LogP contribution in [0.2, 0.25) is 0 Å². The second-order valence-corrected chi connectivity index (χ2v) is 10.5. The number of aromatic nitrogens is 5. The molecule has 2 saturated heterocycles. The lowest BCUT2D eigenvalue weighted by Crippen LogP contribution is -2.56. The Morgan fingerprint density at radius 3 is 2.48 bits per heavy atom. The van der Waals surface area contributed by atoms with E-state index in [2.05, 4.69) is 25.4 Å². The van der Waals surface area contributed by atoms with Gasteiger partial charge in [0.05, 0.1) is 23.6 Å². The molecule has 1 atom stereocenters. The van der Waals surface area contributed by atoms with E-state index >= 15 is 0 Å². The van der Waals surface area contributed by atoms with Crippen LogP contribution in [0.4, 0.5) is 27.6 Å². The fourth-order valence-electron chi connectivity index (χ4n) is 5.19. The number of aliphatic hydroxyl groups is 1. The zero-order valence-corrected chi connectivity index (χ0v) is 22.5. The number of halogens is 5. The first-order valence-corrected chi connectivity index (χ1v) is 13.3. The van der Waals surface area contributed by atoms with Gasteiger partial charge >= 0.3 is 6.18 Å². The molecular formula is C26H29F5N8O3. The Morgan fingerprint density at radius 1 is 1.12 bits per heavy atom. The molecule has 0 unspecified atom stereocenters. The van der Waals surface area contributed by atoms with Crippen molar-refractivity contribution in [3.8, 4) is 11.3 Å². The fraction of sp³-hybridized carbons (Fsp3) is 0.500. The van der Waals surface area contributed by atoms with Gasteiger partial charge in [0.25, 0.3) is 18.2 Å². The third kappa shape index (κ3) is 6.59. The third-order valence-electron chi connectivity index (χ3n) is 7.38. The molecule has 5 rings (SSSR count). The minimum absolute atomic E-state index is 0.126. The molecule has 0 radical (unpaired) electrons. The van der Waals surface area contributed by atoms with E-state index in [0.29, 0.717) is 30.9 Å². The van der Waals surface area contributed by atoms with Gasteiger partial charge in [-0.05, 0) is 31.9 Å². The van der Waals surface area contributed by atoms with E-state index in [0.717, 1.165) is 19.0 Å². The van der Waals surface area contributed by atoms with Gasteiger partial charge in [0.1, 0.15) is 18.3 Å². The van der Waals surface area contributed by atoms with Crippen LogP contribution in [0.15, 0.2) is 36.8 Å². The van der Waals surface area contributed by atoms with Crippen molar-refractivity contribution in [1.82, 2.24) is 34.3 Å². The average molecular weight is 597 g/mol.